The van der Waals surface area contributed by atoms with Crippen molar-refractivity contribution in [1.29, 1.82) is 0 Å². The average Bonchev–Trinajstić information content (AvgIpc) is 2.95. The van der Waals surface area contributed by atoms with Gasteiger partial charge in [-0.2, -0.15) is 0 Å². The van der Waals surface area contributed by atoms with Gasteiger partial charge in [-0.3, -0.25) is 4.99 Å². The maximum atomic E-state index is 6.12. The van der Waals surface area contributed by atoms with Crippen molar-refractivity contribution in [3.8, 4) is 0 Å². The first kappa shape index (κ1) is 20.8. The fourth-order valence-electron chi connectivity index (χ4n) is 3.12. The Balaban J connectivity index is 1.55. The summed E-state index contributed by atoms with van der Waals surface area (Å²) >= 11 is 12.2. The molecule has 3 rings (SSSR count). The Kier molecular flexibility index (Phi) is 7.04. The Labute approximate surface area is 176 Å². The number of nitrogens with one attached hydrogen (secondary N) is 2. The van der Waals surface area contributed by atoms with Gasteiger partial charge < -0.3 is 25.0 Å². The van der Waals surface area contributed by atoms with Gasteiger partial charge in [-0.1, -0.05) is 23.2 Å². The molecule has 0 amide bonds. The van der Waals surface area contributed by atoms with Gasteiger partial charge in [-0.25, -0.2) is 4.98 Å². The highest BCUT2D eigenvalue weighted by Crippen LogP contribution is 2.24. The second-order valence-corrected chi connectivity index (χ2v) is 7.69. The molecule has 2 aromatic rings. The summed E-state index contributed by atoms with van der Waals surface area (Å²) in [6, 6.07) is 6.02. The molecule has 0 aromatic carbocycles. The molecule has 1 fully saturated rings. The van der Waals surface area contributed by atoms with Gasteiger partial charge in [0, 0.05) is 58.7 Å². The molecule has 0 aliphatic carbocycles. The number of aromatic nitrogens is 2. The molecule has 0 atom stereocenters. The Bertz CT molecular complexity index is 826. The van der Waals surface area contributed by atoms with Crippen LogP contribution in [0.25, 0.3) is 0 Å². The predicted molar refractivity (Wildman–Crippen MR) is 116 cm³/mol. The monoisotopic (exact) mass is 423 g/mol. The Morgan fingerprint density at radius 3 is 2.46 bits per heavy atom. The number of guanidine groups is 1. The van der Waals surface area contributed by atoms with E-state index >= 15 is 0 Å². The summed E-state index contributed by atoms with van der Waals surface area (Å²) in [5, 5.41) is 7.72. The van der Waals surface area contributed by atoms with Gasteiger partial charge in [0.15, 0.2) is 5.96 Å². The quantitative estimate of drug-likeness (QED) is 0.570. The van der Waals surface area contributed by atoms with Crippen LogP contribution >= 0.6 is 23.2 Å². The molecule has 3 heterocycles. The van der Waals surface area contributed by atoms with Crippen molar-refractivity contribution in [2.24, 2.45) is 12.0 Å². The molecule has 1 aliphatic heterocycles. The Morgan fingerprint density at radius 2 is 1.82 bits per heavy atom. The van der Waals surface area contributed by atoms with Gasteiger partial charge in [0.05, 0.1) is 11.6 Å². The molecule has 152 valence electrons. The molecule has 0 radical (unpaired) electrons. The zero-order valence-electron chi connectivity index (χ0n) is 16.5. The number of hydrogen-bond acceptors (Lipinski definition) is 4. The second kappa shape index (κ2) is 9.49. The van der Waals surface area contributed by atoms with E-state index < -0.39 is 0 Å². The van der Waals surface area contributed by atoms with Crippen LogP contribution in [0.1, 0.15) is 11.3 Å². The third-order valence-electron chi connectivity index (χ3n) is 4.97. The minimum atomic E-state index is 0.537. The lowest BCUT2D eigenvalue weighted by Crippen LogP contribution is -2.44. The fourth-order valence-corrected chi connectivity index (χ4v) is 3.53. The lowest BCUT2D eigenvalue weighted by molar-refractivity contribution is 0.312. The maximum absolute atomic E-state index is 6.12. The van der Waals surface area contributed by atoms with Crippen LogP contribution in [-0.4, -0.2) is 60.7 Å². The first-order valence-electron chi connectivity index (χ1n) is 9.30. The van der Waals surface area contributed by atoms with Crippen LogP contribution in [-0.2, 0) is 20.1 Å². The number of pyridine rings is 1. The van der Waals surface area contributed by atoms with Gasteiger partial charge in [-0.15, -0.1) is 0 Å². The minimum Gasteiger partial charge on any atom is -0.354 e. The van der Waals surface area contributed by atoms with Crippen molar-refractivity contribution in [2.45, 2.75) is 13.1 Å². The van der Waals surface area contributed by atoms with Gasteiger partial charge in [0.1, 0.15) is 11.0 Å². The maximum Gasteiger partial charge on any atom is 0.191 e. The Morgan fingerprint density at radius 1 is 1.11 bits per heavy atom. The van der Waals surface area contributed by atoms with E-state index in [0.29, 0.717) is 29.2 Å². The standard InChI is InChI=1S/C19H27Cl2N7/c1-22-19(25-13-15-11-16(20)18(21)27(15)3)24-12-14-4-5-23-17(10-14)28-8-6-26(2)7-9-28/h4-5,10-11H,6-9,12-13H2,1-3H3,(H2,22,24,25). The van der Waals surface area contributed by atoms with Crippen molar-refractivity contribution in [2.75, 3.05) is 45.2 Å². The van der Waals surface area contributed by atoms with Crippen molar-refractivity contribution < 1.29 is 0 Å². The minimum absolute atomic E-state index is 0.537. The summed E-state index contributed by atoms with van der Waals surface area (Å²) in [6.07, 6.45) is 1.87. The van der Waals surface area contributed by atoms with E-state index in [1.54, 1.807) is 7.05 Å². The van der Waals surface area contributed by atoms with E-state index in [-0.39, 0.29) is 0 Å². The number of piperazine rings is 1. The third kappa shape index (κ3) is 5.10. The lowest BCUT2D eigenvalue weighted by atomic mass is 10.2. The van der Waals surface area contributed by atoms with Gasteiger partial charge >= 0.3 is 0 Å². The van der Waals surface area contributed by atoms with Crippen LogP contribution in [0, 0.1) is 0 Å². The molecule has 28 heavy (non-hydrogen) atoms. The molecule has 1 aliphatic rings. The summed E-state index contributed by atoms with van der Waals surface area (Å²) in [5.41, 5.74) is 2.15. The van der Waals surface area contributed by atoms with Crippen LogP contribution < -0.4 is 15.5 Å². The molecular weight excluding hydrogens is 397 g/mol. The average molecular weight is 424 g/mol. The second-order valence-electron chi connectivity index (χ2n) is 6.93. The van der Waals surface area contributed by atoms with Crippen LogP contribution in [0.3, 0.4) is 0 Å². The lowest BCUT2D eigenvalue weighted by Gasteiger charge is -2.33. The van der Waals surface area contributed by atoms with Crippen molar-refractivity contribution in [1.82, 2.24) is 25.1 Å². The number of aliphatic imine (C=N–C) groups is 1. The highest BCUT2D eigenvalue weighted by molar-refractivity contribution is 6.41. The molecule has 0 saturated carbocycles. The number of hydrogen-bond donors (Lipinski definition) is 2. The molecule has 9 heteroatoms. The van der Waals surface area contributed by atoms with E-state index in [0.717, 1.165) is 43.3 Å². The van der Waals surface area contributed by atoms with E-state index in [4.69, 9.17) is 23.2 Å². The Hall–Kier alpha value is -1.96. The smallest absolute Gasteiger partial charge is 0.191 e. The number of likely N-dealkylation sites (N-methyl/N-ethyl adjacent to an activating group) is 1. The predicted octanol–water partition coefficient (Wildman–Crippen LogP) is 2.34. The molecule has 7 nitrogen and oxygen atoms in total. The van der Waals surface area contributed by atoms with Crippen LogP contribution in [0.4, 0.5) is 5.82 Å². The zero-order valence-corrected chi connectivity index (χ0v) is 18.1. The SMILES string of the molecule is CN=C(NCc1ccnc(N2CCN(C)CC2)c1)NCc1cc(Cl)c(Cl)n1C. The molecule has 2 N–H and O–H groups in total. The normalized spacial score (nSPS) is 15.8. The van der Waals surface area contributed by atoms with Crippen LogP contribution in [0.2, 0.25) is 10.2 Å². The van der Waals surface area contributed by atoms with Crippen molar-refractivity contribution in [3.63, 3.8) is 0 Å². The van der Waals surface area contributed by atoms with Crippen LogP contribution in [0.15, 0.2) is 29.4 Å². The summed E-state index contributed by atoms with van der Waals surface area (Å²) < 4.78 is 1.86. The molecule has 0 spiro atoms. The summed E-state index contributed by atoms with van der Waals surface area (Å²) in [5.74, 6) is 1.75. The molecule has 1 saturated heterocycles. The van der Waals surface area contributed by atoms with E-state index in [2.05, 4.69) is 43.5 Å². The molecule has 0 bridgehead atoms. The number of halogens is 2. The van der Waals surface area contributed by atoms with Crippen molar-refractivity contribution in [3.05, 3.63) is 45.8 Å². The fraction of sp³-hybridized carbons (Fsp3) is 0.474. The number of nitrogens with zero attached hydrogens (tertiary/aromatic N) is 5. The topological polar surface area (TPSA) is 60.7 Å². The summed E-state index contributed by atoms with van der Waals surface area (Å²) in [6.45, 7) is 5.38. The summed E-state index contributed by atoms with van der Waals surface area (Å²) in [4.78, 5) is 13.5. The largest absolute Gasteiger partial charge is 0.354 e. The third-order valence-corrected chi connectivity index (χ3v) is 5.82. The van der Waals surface area contributed by atoms with Crippen LogP contribution in [0.5, 0.6) is 0 Å². The van der Waals surface area contributed by atoms with E-state index in [1.165, 1.54) is 0 Å². The van der Waals surface area contributed by atoms with Gasteiger partial charge in [0.25, 0.3) is 0 Å². The van der Waals surface area contributed by atoms with E-state index in [1.807, 2.05) is 29.9 Å². The number of rotatable bonds is 5. The molecule has 2 aromatic heterocycles. The highest BCUT2D eigenvalue weighted by Gasteiger charge is 2.15. The molecular formula is C19H27Cl2N7. The highest BCUT2D eigenvalue weighted by atomic mass is 35.5. The molecule has 0 unspecified atom stereocenters. The number of anilines is 1. The van der Waals surface area contributed by atoms with Gasteiger partial charge in [0.2, 0.25) is 0 Å². The van der Waals surface area contributed by atoms with Crippen molar-refractivity contribution >= 4 is 35.0 Å². The van der Waals surface area contributed by atoms with E-state index in [9.17, 15) is 0 Å². The summed E-state index contributed by atoms with van der Waals surface area (Å²) in [7, 11) is 5.79. The zero-order chi connectivity index (χ0) is 20.1. The van der Waals surface area contributed by atoms with Gasteiger partial charge in [-0.05, 0) is 30.8 Å². The first-order valence-corrected chi connectivity index (χ1v) is 10.1. The first-order chi connectivity index (χ1) is 13.5.